The highest BCUT2D eigenvalue weighted by atomic mass is 19.1. The van der Waals surface area contributed by atoms with Crippen molar-refractivity contribution in [2.24, 2.45) is 0 Å². The van der Waals surface area contributed by atoms with Crippen LogP contribution in [0.5, 0.6) is 0 Å². The number of rotatable bonds is 3. The lowest BCUT2D eigenvalue weighted by Crippen LogP contribution is -2.39. The Morgan fingerprint density at radius 2 is 1.94 bits per heavy atom. The molecule has 0 aliphatic heterocycles. The number of nitrogens with zero attached hydrogens (tertiary/aromatic N) is 1. The van der Waals surface area contributed by atoms with E-state index >= 15 is 0 Å². The first kappa shape index (κ1) is 13.1. The van der Waals surface area contributed by atoms with Crippen LogP contribution in [-0.4, -0.2) is 24.3 Å². The minimum absolute atomic E-state index is 0.0829. The number of halogens is 2. The average molecular weight is 256 g/mol. The van der Waals surface area contributed by atoms with Gasteiger partial charge >= 0.3 is 0 Å². The van der Waals surface area contributed by atoms with Gasteiger partial charge in [0.2, 0.25) is 0 Å². The Labute approximate surface area is 105 Å². The van der Waals surface area contributed by atoms with Crippen LogP contribution in [0.2, 0.25) is 0 Å². The lowest BCUT2D eigenvalue weighted by atomic mass is 10.0. The van der Waals surface area contributed by atoms with E-state index in [2.05, 4.69) is 0 Å². The molecule has 5 heteroatoms. The summed E-state index contributed by atoms with van der Waals surface area (Å²) in [5, 5.41) is 10.3. The van der Waals surface area contributed by atoms with E-state index in [0.29, 0.717) is 6.54 Å². The van der Waals surface area contributed by atoms with Crippen LogP contribution < -0.4 is 10.6 Å². The van der Waals surface area contributed by atoms with Crippen molar-refractivity contribution in [1.29, 1.82) is 0 Å². The van der Waals surface area contributed by atoms with Gasteiger partial charge in [-0.05, 0) is 18.9 Å². The summed E-state index contributed by atoms with van der Waals surface area (Å²) in [6.45, 7) is 0.333. The molecule has 0 bridgehead atoms. The maximum atomic E-state index is 13.4. The van der Waals surface area contributed by atoms with Gasteiger partial charge in [0.15, 0.2) is 5.82 Å². The van der Waals surface area contributed by atoms with Crippen molar-refractivity contribution in [3.05, 3.63) is 23.8 Å². The molecule has 0 amide bonds. The SMILES string of the molecule is CN(CC1(O)CCCC1)c1cc(F)cc(F)c1N. The van der Waals surface area contributed by atoms with E-state index in [0.717, 1.165) is 31.7 Å². The Hall–Kier alpha value is -1.36. The van der Waals surface area contributed by atoms with E-state index in [1.807, 2.05) is 0 Å². The maximum absolute atomic E-state index is 13.4. The van der Waals surface area contributed by atoms with Gasteiger partial charge in [0.05, 0.1) is 17.0 Å². The number of hydrogen-bond donors (Lipinski definition) is 2. The molecule has 0 unspecified atom stereocenters. The van der Waals surface area contributed by atoms with Crippen LogP contribution in [0.25, 0.3) is 0 Å². The molecule has 0 spiro atoms. The molecule has 1 saturated carbocycles. The molecule has 1 aromatic carbocycles. The van der Waals surface area contributed by atoms with Gasteiger partial charge < -0.3 is 15.7 Å². The topological polar surface area (TPSA) is 49.5 Å². The summed E-state index contributed by atoms with van der Waals surface area (Å²) in [6, 6.07) is 1.95. The smallest absolute Gasteiger partial charge is 0.151 e. The second-order valence-electron chi connectivity index (χ2n) is 5.11. The van der Waals surface area contributed by atoms with Crippen LogP contribution in [-0.2, 0) is 0 Å². The summed E-state index contributed by atoms with van der Waals surface area (Å²) < 4.78 is 26.5. The van der Waals surface area contributed by atoms with Crippen LogP contribution in [0.15, 0.2) is 12.1 Å². The zero-order chi connectivity index (χ0) is 13.3. The van der Waals surface area contributed by atoms with Gasteiger partial charge in [0, 0.05) is 19.7 Å². The third kappa shape index (κ3) is 2.56. The minimum Gasteiger partial charge on any atom is -0.395 e. The molecule has 1 aliphatic rings. The maximum Gasteiger partial charge on any atom is 0.151 e. The molecule has 0 radical (unpaired) electrons. The summed E-state index contributed by atoms with van der Waals surface area (Å²) in [5.74, 6) is -1.43. The lowest BCUT2D eigenvalue weighted by molar-refractivity contribution is 0.0559. The van der Waals surface area contributed by atoms with Crippen molar-refractivity contribution in [2.45, 2.75) is 31.3 Å². The van der Waals surface area contributed by atoms with E-state index in [1.165, 1.54) is 6.07 Å². The first-order chi connectivity index (χ1) is 8.41. The molecule has 3 nitrogen and oxygen atoms in total. The first-order valence-electron chi connectivity index (χ1n) is 6.09. The number of nitrogens with two attached hydrogens (primary N) is 1. The van der Waals surface area contributed by atoms with E-state index in [-0.39, 0.29) is 11.4 Å². The molecule has 0 saturated heterocycles. The quantitative estimate of drug-likeness (QED) is 0.816. The highest BCUT2D eigenvalue weighted by molar-refractivity contribution is 5.68. The van der Waals surface area contributed by atoms with Crippen LogP contribution in [0.1, 0.15) is 25.7 Å². The van der Waals surface area contributed by atoms with E-state index in [9.17, 15) is 13.9 Å². The molecule has 18 heavy (non-hydrogen) atoms. The van der Waals surface area contributed by atoms with Gasteiger partial charge in [0.1, 0.15) is 5.82 Å². The summed E-state index contributed by atoms with van der Waals surface area (Å²) in [7, 11) is 1.68. The standard InChI is InChI=1S/C13H18F2N2O/c1-17(8-13(18)4-2-3-5-13)11-7-9(14)6-10(15)12(11)16/h6-7,18H,2-5,8,16H2,1H3. The summed E-state index contributed by atoms with van der Waals surface area (Å²) in [6.07, 6.45) is 3.40. The number of nitrogen functional groups attached to an aromatic ring is 1. The monoisotopic (exact) mass is 256 g/mol. The molecule has 3 N–H and O–H groups in total. The molecule has 1 fully saturated rings. The average Bonchev–Trinajstić information content (AvgIpc) is 2.70. The fraction of sp³-hybridized carbons (Fsp3) is 0.538. The Bertz CT molecular complexity index is 445. The largest absolute Gasteiger partial charge is 0.395 e. The zero-order valence-electron chi connectivity index (χ0n) is 10.4. The van der Waals surface area contributed by atoms with Crippen molar-refractivity contribution >= 4 is 11.4 Å². The van der Waals surface area contributed by atoms with E-state index < -0.39 is 17.2 Å². The van der Waals surface area contributed by atoms with E-state index in [4.69, 9.17) is 5.73 Å². The van der Waals surface area contributed by atoms with Crippen molar-refractivity contribution in [3.8, 4) is 0 Å². The molecular formula is C13H18F2N2O. The Morgan fingerprint density at radius 3 is 2.56 bits per heavy atom. The fourth-order valence-corrected chi connectivity index (χ4v) is 2.60. The van der Waals surface area contributed by atoms with Gasteiger partial charge in [-0.15, -0.1) is 0 Å². The second kappa shape index (κ2) is 4.72. The van der Waals surface area contributed by atoms with E-state index in [1.54, 1.807) is 11.9 Å². The molecule has 1 aliphatic carbocycles. The van der Waals surface area contributed by atoms with Gasteiger partial charge in [-0.25, -0.2) is 8.78 Å². The predicted molar refractivity (Wildman–Crippen MR) is 67.5 cm³/mol. The summed E-state index contributed by atoms with van der Waals surface area (Å²) in [4.78, 5) is 1.62. The molecular weight excluding hydrogens is 238 g/mol. The number of aliphatic hydroxyl groups is 1. The van der Waals surface area contributed by atoms with Crippen LogP contribution >= 0.6 is 0 Å². The Kier molecular flexibility index (Phi) is 3.43. The number of likely N-dealkylation sites (N-methyl/N-ethyl adjacent to an activating group) is 1. The normalized spacial score (nSPS) is 18.0. The lowest BCUT2D eigenvalue weighted by Gasteiger charge is -2.30. The zero-order valence-corrected chi connectivity index (χ0v) is 10.4. The number of hydrogen-bond acceptors (Lipinski definition) is 3. The third-order valence-corrected chi connectivity index (χ3v) is 3.55. The summed E-state index contributed by atoms with van der Waals surface area (Å²) in [5.41, 5.74) is 5.03. The minimum atomic E-state index is -0.774. The highest BCUT2D eigenvalue weighted by Gasteiger charge is 2.32. The van der Waals surface area contributed by atoms with Gasteiger partial charge in [-0.3, -0.25) is 0 Å². The number of benzene rings is 1. The third-order valence-electron chi connectivity index (χ3n) is 3.55. The van der Waals surface area contributed by atoms with Gasteiger partial charge in [-0.2, -0.15) is 0 Å². The Morgan fingerprint density at radius 1 is 1.33 bits per heavy atom. The molecule has 0 aromatic heterocycles. The molecule has 1 aromatic rings. The molecule has 2 rings (SSSR count). The Balaban J connectivity index is 2.20. The highest BCUT2D eigenvalue weighted by Crippen LogP contribution is 2.33. The van der Waals surface area contributed by atoms with Crippen LogP contribution in [0.4, 0.5) is 20.2 Å². The predicted octanol–water partition coefficient (Wildman–Crippen LogP) is 2.29. The van der Waals surface area contributed by atoms with Gasteiger partial charge in [0.25, 0.3) is 0 Å². The first-order valence-corrected chi connectivity index (χ1v) is 6.09. The van der Waals surface area contributed by atoms with Crippen molar-refractivity contribution in [1.82, 2.24) is 0 Å². The molecule has 0 heterocycles. The fourth-order valence-electron chi connectivity index (χ4n) is 2.60. The van der Waals surface area contributed by atoms with Crippen molar-refractivity contribution in [3.63, 3.8) is 0 Å². The van der Waals surface area contributed by atoms with Crippen molar-refractivity contribution < 1.29 is 13.9 Å². The van der Waals surface area contributed by atoms with Crippen LogP contribution in [0.3, 0.4) is 0 Å². The molecule has 0 atom stereocenters. The second-order valence-corrected chi connectivity index (χ2v) is 5.11. The number of anilines is 2. The van der Waals surface area contributed by atoms with Crippen LogP contribution in [0, 0.1) is 11.6 Å². The molecule has 100 valence electrons. The summed E-state index contributed by atoms with van der Waals surface area (Å²) >= 11 is 0. The van der Waals surface area contributed by atoms with Gasteiger partial charge in [-0.1, -0.05) is 12.8 Å². The van der Waals surface area contributed by atoms with Crippen molar-refractivity contribution in [2.75, 3.05) is 24.2 Å².